The van der Waals surface area contributed by atoms with Crippen LogP contribution in [0.1, 0.15) is 20.8 Å². The summed E-state index contributed by atoms with van der Waals surface area (Å²) in [6.45, 7) is 5.08. The molecule has 0 aromatic heterocycles. The summed E-state index contributed by atoms with van der Waals surface area (Å²) in [6.07, 6.45) is 0.419. The number of carbonyl (C=O) groups excluding carboxylic acids is 4. The van der Waals surface area contributed by atoms with Gasteiger partial charge in [0, 0.05) is 18.9 Å². The standard InChI is InChI=1S/C14H20N2O6S/c1-14(2,3)22-13(20)15-8(12(19)21-5)7-23-9-6-10(17)16(4)11(9)18/h6,8H,7H2,1-5H3,(H,15,20)/t8-/m0/s1. The average Bonchev–Trinajstić information content (AvgIpc) is 2.68. The lowest BCUT2D eigenvalue weighted by Crippen LogP contribution is -2.45. The van der Waals surface area contributed by atoms with Crippen molar-refractivity contribution >= 4 is 35.6 Å². The SMILES string of the molecule is COC(=O)[C@H](CSC1=CC(=O)N(C)C1=O)NC(=O)OC(C)(C)C. The van der Waals surface area contributed by atoms with Crippen LogP contribution in [0.3, 0.4) is 0 Å². The molecule has 8 nitrogen and oxygen atoms in total. The zero-order valence-electron chi connectivity index (χ0n) is 13.7. The molecule has 0 saturated heterocycles. The summed E-state index contributed by atoms with van der Waals surface area (Å²) in [6, 6.07) is -1.01. The van der Waals surface area contributed by atoms with E-state index in [2.05, 4.69) is 10.1 Å². The number of esters is 1. The van der Waals surface area contributed by atoms with Crippen molar-refractivity contribution in [2.24, 2.45) is 0 Å². The molecule has 1 aliphatic heterocycles. The van der Waals surface area contributed by atoms with Crippen LogP contribution in [0.4, 0.5) is 4.79 Å². The summed E-state index contributed by atoms with van der Waals surface area (Å²) < 4.78 is 9.70. The normalized spacial score (nSPS) is 16.0. The zero-order valence-corrected chi connectivity index (χ0v) is 14.5. The second-order valence-corrected chi connectivity index (χ2v) is 6.81. The number of carbonyl (C=O) groups is 4. The molecule has 0 aromatic carbocycles. The molecule has 0 aromatic rings. The monoisotopic (exact) mass is 344 g/mol. The predicted molar refractivity (Wildman–Crippen MR) is 83.5 cm³/mol. The first-order valence-electron chi connectivity index (χ1n) is 6.79. The van der Waals surface area contributed by atoms with E-state index in [4.69, 9.17) is 4.74 Å². The highest BCUT2D eigenvalue weighted by molar-refractivity contribution is 8.04. The number of hydrogen-bond donors (Lipinski definition) is 1. The number of nitrogens with one attached hydrogen (secondary N) is 1. The van der Waals surface area contributed by atoms with Gasteiger partial charge in [0.05, 0.1) is 12.0 Å². The molecule has 128 valence electrons. The predicted octanol–water partition coefficient (Wildman–Crippen LogP) is 0.668. The van der Waals surface area contributed by atoms with E-state index in [1.807, 2.05) is 0 Å². The third-order valence-electron chi connectivity index (χ3n) is 2.68. The molecular weight excluding hydrogens is 324 g/mol. The Balaban J connectivity index is 2.68. The van der Waals surface area contributed by atoms with Crippen molar-refractivity contribution in [3.05, 3.63) is 11.0 Å². The van der Waals surface area contributed by atoms with Crippen molar-refractivity contribution < 1.29 is 28.7 Å². The fourth-order valence-electron chi connectivity index (χ4n) is 1.57. The van der Waals surface area contributed by atoms with Crippen molar-refractivity contribution in [2.45, 2.75) is 32.4 Å². The molecule has 1 N–H and O–H groups in total. The summed E-state index contributed by atoms with van der Waals surface area (Å²) >= 11 is 0.989. The number of amides is 3. The molecular formula is C14H20N2O6S. The highest BCUT2D eigenvalue weighted by Gasteiger charge is 2.31. The van der Waals surface area contributed by atoms with Gasteiger partial charge in [0.15, 0.2) is 0 Å². The lowest BCUT2D eigenvalue weighted by Gasteiger charge is -2.22. The summed E-state index contributed by atoms with van der Waals surface area (Å²) in [4.78, 5) is 47.8. The van der Waals surface area contributed by atoms with Crippen LogP contribution in [0.5, 0.6) is 0 Å². The third kappa shape index (κ3) is 5.59. The van der Waals surface area contributed by atoms with Gasteiger partial charge in [-0.05, 0) is 20.8 Å². The maximum absolute atomic E-state index is 11.8. The average molecular weight is 344 g/mol. The minimum atomic E-state index is -1.01. The Morgan fingerprint density at radius 2 is 1.96 bits per heavy atom. The molecule has 0 unspecified atom stereocenters. The Morgan fingerprint density at radius 1 is 1.35 bits per heavy atom. The second-order valence-electron chi connectivity index (χ2n) is 5.74. The Bertz CT molecular complexity index is 552. The molecule has 0 radical (unpaired) electrons. The number of hydrogen-bond acceptors (Lipinski definition) is 7. The number of alkyl carbamates (subject to hydrolysis) is 1. The zero-order chi connectivity index (χ0) is 17.8. The molecule has 0 fully saturated rings. The molecule has 3 amide bonds. The minimum absolute atomic E-state index is 0.0324. The Kier molecular flexibility index (Phi) is 6.20. The van der Waals surface area contributed by atoms with E-state index in [1.54, 1.807) is 20.8 Å². The smallest absolute Gasteiger partial charge is 0.408 e. The molecule has 1 atom stereocenters. The Labute approximate surface area is 138 Å². The van der Waals surface area contributed by atoms with Gasteiger partial charge in [-0.1, -0.05) is 0 Å². The number of likely N-dealkylation sites (N-methyl/N-ethyl adjacent to an activating group) is 1. The second kappa shape index (κ2) is 7.49. The largest absolute Gasteiger partial charge is 0.467 e. The fourth-order valence-corrected chi connectivity index (χ4v) is 2.58. The van der Waals surface area contributed by atoms with Gasteiger partial charge in [-0.2, -0.15) is 0 Å². The Morgan fingerprint density at radius 3 is 2.39 bits per heavy atom. The summed E-state index contributed by atoms with van der Waals surface area (Å²) in [7, 11) is 2.56. The molecule has 0 spiro atoms. The van der Waals surface area contributed by atoms with Crippen LogP contribution in [0.2, 0.25) is 0 Å². The van der Waals surface area contributed by atoms with Crippen molar-refractivity contribution in [1.29, 1.82) is 0 Å². The lowest BCUT2D eigenvalue weighted by atomic mass is 10.2. The van der Waals surface area contributed by atoms with E-state index in [9.17, 15) is 19.2 Å². The number of imide groups is 1. The molecule has 23 heavy (non-hydrogen) atoms. The van der Waals surface area contributed by atoms with E-state index in [0.717, 1.165) is 16.7 Å². The lowest BCUT2D eigenvalue weighted by molar-refractivity contribution is -0.142. The number of ether oxygens (including phenoxy) is 2. The van der Waals surface area contributed by atoms with Crippen LogP contribution < -0.4 is 5.32 Å². The van der Waals surface area contributed by atoms with Crippen LogP contribution >= 0.6 is 11.8 Å². The van der Waals surface area contributed by atoms with Crippen molar-refractivity contribution in [2.75, 3.05) is 19.9 Å². The first-order chi connectivity index (χ1) is 10.5. The number of nitrogens with zero attached hydrogens (tertiary/aromatic N) is 1. The summed E-state index contributed by atoms with van der Waals surface area (Å²) in [5, 5.41) is 2.39. The van der Waals surface area contributed by atoms with Gasteiger partial charge in [0.1, 0.15) is 11.6 Å². The van der Waals surface area contributed by atoms with Crippen LogP contribution in [-0.4, -0.2) is 60.3 Å². The number of thioether (sulfide) groups is 1. The van der Waals surface area contributed by atoms with Crippen LogP contribution in [-0.2, 0) is 23.9 Å². The third-order valence-corrected chi connectivity index (χ3v) is 3.79. The van der Waals surface area contributed by atoms with Gasteiger partial charge >= 0.3 is 12.1 Å². The molecule has 1 heterocycles. The molecule has 0 aliphatic carbocycles. The van der Waals surface area contributed by atoms with Crippen molar-refractivity contribution in [1.82, 2.24) is 10.2 Å². The van der Waals surface area contributed by atoms with Gasteiger partial charge < -0.3 is 14.8 Å². The summed E-state index contributed by atoms with van der Waals surface area (Å²) in [5.41, 5.74) is -0.711. The van der Waals surface area contributed by atoms with Crippen LogP contribution in [0.25, 0.3) is 0 Å². The quantitative estimate of drug-likeness (QED) is 0.577. The highest BCUT2D eigenvalue weighted by atomic mass is 32.2. The molecule has 9 heteroatoms. The maximum Gasteiger partial charge on any atom is 0.408 e. The van der Waals surface area contributed by atoms with Gasteiger partial charge in [0.25, 0.3) is 11.8 Å². The van der Waals surface area contributed by atoms with Gasteiger partial charge in [-0.25, -0.2) is 9.59 Å². The Hall–Kier alpha value is -2.03. The van der Waals surface area contributed by atoms with Crippen molar-refractivity contribution in [3.63, 3.8) is 0 Å². The van der Waals surface area contributed by atoms with E-state index in [-0.39, 0.29) is 10.7 Å². The van der Waals surface area contributed by atoms with Crippen LogP contribution in [0.15, 0.2) is 11.0 Å². The highest BCUT2D eigenvalue weighted by Crippen LogP contribution is 2.24. The minimum Gasteiger partial charge on any atom is -0.467 e. The first-order valence-corrected chi connectivity index (χ1v) is 7.77. The van der Waals surface area contributed by atoms with Crippen LogP contribution in [0, 0.1) is 0 Å². The van der Waals surface area contributed by atoms with E-state index in [1.165, 1.54) is 20.2 Å². The number of rotatable bonds is 5. The first kappa shape index (κ1) is 19.0. The number of methoxy groups -OCH3 is 1. The molecule has 0 bridgehead atoms. The molecule has 1 aliphatic rings. The van der Waals surface area contributed by atoms with Gasteiger partial charge in [-0.3, -0.25) is 14.5 Å². The van der Waals surface area contributed by atoms with Gasteiger partial charge in [0.2, 0.25) is 0 Å². The van der Waals surface area contributed by atoms with E-state index < -0.39 is 35.5 Å². The fraction of sp³-hybridized carbons (Fsp3) is 0.571. The summed E-state index contributed by atoms with van der Waals surface area (Å²) in [5.74, 6) is -1.51. The van der Waals surface area contributed by atoms with Crippen molar-refractivity contribution in [3.8, 4) is 0 Å². The maximum atomic E-state index is 11.8. The molecule has 1 rings (SSSR count). The van der Waals surface area contributed by atoms with E-state index >= 15 is 0 Å². The van der Waals surface area contributed by atoms with E-state index in [0.29, 0.717) is 0 Å². The topological polar surface area (TPSA) is 102 Å². The van der Waals surface area contributed by atoms with Gasteiger partial charge in [-0.15, -0.1) is 11.8 Å². The molecule has 0 saturated carbocycles.